The van der Waals surface area contributed by atoms with Gasteiger partial charge in [-0.15, -0.1) is 0 Å². The van der Waals surface area contributed by atoms with Crippen LogP contribution < -0.4 is 14.4 Å². The van der Waals surface area contributed by atoms with E-state index in [1.807, 2.05) is 36.4 Å². The lowest BCUT2D eigenvalue weighted by molar-refractivity contribution is -0.113. The van der Waals surface area contributed by atoms with Crippen molar-refractivity contribution in [2.45, 2.75) is 16.6 Å². The Kier molecular flexibility index (Phi) is 7.05. The van der Waals surface area contributed by atoms with Gasteiger partial charge in [-0.25, -0.2) is 18.4 Å². The van der Waals surface area contributed by atoms with Crippen LogP contribution in [0.5, 0.6) is 5.75 Å². The van der Waals surface area contributed by atoms with Crippen molar-refractivity contribution in [2.75, 3.05) is 22.5 Å². The zero-order valence-electron chi connectivity index (χ0n) is 19.6. The molecule has 0 saturated carbocycles. The minimum atomic E-state index is -3.94. The molecule has 0 radical (unpaired) electrons. The molecule has 5 rings (SSSR count). The topological polar surface area (TPSA) is 101 Å². The van der Waals surface area contributed by atoms with E-state index in [2.05, 4.69) is 15.3 Å². The first kappa shape index (κ1) is 25.1. The van der Waals surface area contributed by atoms with Gasteiger partial charge in [0.05, 0.1) is 42.7 Å². The van der Waals surface area contributed by atoms with Crippen LogP contribution in [0.15, 0.2) is 89.0 Å². The first-order valence-electron chi connectivity index (χ1n) is 11.2. The summed E-state index contributed by atoms with van der Waals surface area (Å²) in [5, 5.41) is 3.52. The highest BCUT2D eigenvalue weighted by Gasteiger charge is 2.37. The number of rotatable bonds is 7. The Labute approximate surface area is 223 Å². The molecule has 4 aromatic rings. The Morgan fingerprint density at radius 3 is 2.62 bits per heavy atom. The number of sulfonamides is 1. The molecule has 0 atom stereocenters. The predicted molar refractivity (Wildman–Crippen MR) is 145 cm³/mol. The van der Waals surface area contributed by atoms with Gasteiger partial charge >= 0.3 is 0 Å². The van der Waals surface area contributed by atoms with Crippen molar-refractivity contribution in [3.05, 3.63) is 89.6 Å². The molecule has 2 heterocycles. The summed E-state index contributed by atoms with van der Waals surface area (Å²) >= 11 is 7.39. The van der Waals surface area contributed by atoms with Crippen molar-refractivity contribution in [1.29, 1.82) is 0 Å². The van der Waals surface area contributed by atoms with Crippen molar-refractivity contribution >= 4 is 50.7 Å². The van der Waals surface area contributed by atoms with Crippen LogP contribution in [0, 0.1) is 0 Å². The number of ether oxygens (including phenoxy) is 1. The van der Waals surface area contributed by atoms with E-state index in [0.29, 0.717) is 27.7 Å². The smallest absolute Gasteiger partial charge is 0.268 e. The van der Waals surface area contributed by atoms with Crippen LogP contribution in [0.3, 0.4) is 0 Å². The Morgan fingerprint density at radius 2 is 1.84 bits per heavy atom. The van der Waals surface area contributed by atoms with Gasteiger partial charge in [0, 0.05) is 10.6 Å². The van der Waals surface area contributed by atoms with Crippen LogP contribution in [-0.4, -0.2) is 37.2 Å². The molecule has 0 aliphatic carbocycles. The minimum absolute atomic E-state index is 0.0129. The number of aromatic nitrogens is 2. The number of hydrogen-bond acceptors (Lipinski definition) is 7. The lowest BCUT2D eigenvalue weighted by Crippen LogP contribution is -2.34. The van der Waals surface area contributed by atoms with Gasteiger partial charge in [0.2, 0.25) is 5.91 Å². The van der Waals surface area contributed by atoms with Gasteiger partial charge in [-0.1, -0.05) is 65.8 Å². The van der Waals surface area contributed by atoms with Gasteiger partial charge in [0.1, 0.15) is 10.6 Å². The van der Waals surface area contributed by atoms with Crippen LogP contribution >= 0.6 is 23.4 Å². The molecule has 1 aliphatic rings. The average Bonchev–Trinajstić information content (AvgIpc) is 2.91. The number of para-hydroxylation sites is 2. The Morgan fingerprint density at radius 1 is 1.08 bits per heavy atom. The third-order valence-corrected chi connectivity index (χ3v) is 8.52. The van der Waals surface area contributed by atoms with Crippen molar-refractivity contribution in [1.82, 2.24) is 9.97 Å². The SMILES string of the molecule is COc1ccccc1NC(=O)CSc1ncc2c(n1)-c1cc(Cl)ccc1N(Cc1ccccc1)S2(=O)=O. The third-order valence-electron chi connectivity index (χ3n) is 5.67. The second-order valence-corrected chi connectivity index (χ2v) is 11.3. The summed E-state index contributed by atoms with van der Waals surface area (Å²) in [7, 11) is -2.41. The summed E-state index contributed by atoms with van der Waals surface area (Å²) in [6, 6.07) is 21.4. The molecule has 0 unspecified atom stereocenters. The number of halogens is 1. The molecule has 188 valence electrons. The molecule has 0 saturated heterocycles. The molecule has 1 N–H and O–H groups in total. The summed E-state index contributed by atoms with van der Waals surface area (Å²) < 4.78 is 33.9. The summed E-state index contributed by atoms with van der Waals surface area (Å²) in [5.74, 6) is 0.289. The molecular weight excluding hydrogens is 532 g/mol. The average molecular weight is 553 g/mol. The highest BCUT2D eigenvalue weighted by atomic mass is 35.5. The molecule has 8 nitrogen and oxygen atoms in total. The highest BCUT2D eigenvalue weighted by molar-refractivity contribution is 7.99. The summed E-state index contributed by atoms with van der Waals surface area (Å²) in [4.78, 5) is 21.3. The van der Waals surface area contributed by atoms with E-state index >= 15 is 0 Å². The summed E-state index contributed by atoms with van der Waals surface area (Å²) in [6.07, 6.45) is 1.29. The number of nitrogens with one attached hydrogen (secondary N) is 1. The number of fused-ring (bicyclic) bond motifs is 3. The fraction of sp³-hybridized carbons (Fsp3) is 0.115. The van der Waals surface area contributed by atoms with Gasteiger partial charge in [0.25, 0.3) is 10.0 Å². The zero-order chi connectivity index (χ0) is 26.0. The third kappa shape index (κ3) is 5.13. The number of amides is 1. The minimum Gasteiger partial charge on any atom is -0.495 e. The summed E-state index contributed by atoms with van der Waals surface area (Å²) in [5.41, 5.74) is 2.70. The van der Waals surface area contributed by atoms with Crippen molar-refractivity contribution in [2.24, 2.45) is 0 Å². The number of thioether (sulfide) groups is 1. The van der Waals surface area contributed by atoms with Gasteiger partial charge in [-0.2, -0.15) is 0 Å². The van der Waals surface area contributed by atoms with E-state index in [9.17, 15) is 13.2 Å². The number of hydrogen-bond donors (Lipinski definition) is 1. The molecule has 1 aliphatic heterocycles. The van der Waals surface area contributed by atoms with E-state index < -0.39 is 10.0 Å². The molecule has 1 aromatic heterocycles. The van der Waals surface area contributed by atoms with Crippen LogP contribution in [0.1, 0.15) is 5.56 Å². The van der Waals surface area contributed by atoms with Gasteiger partial charge in [0.15, 0.2) is 5.16 Å². The van der Waals surface area contributed by atoms with E-state index in [-0.39, 0.29) is 34.0 Å². The number of nitrogens with zero attached hydrogens (tertiary/aromatic N) is 3. The lowest BCUT2D eigenvalue weighted by Gasteiger charge is -2.31. The molecule has 0 bridgehead atoms. The number of methoxy groups -OCH3 is 1. The fourth-order valence-corrected chi connectivity index (χ4v) is 6.30. The summed E-state index contributed by atoms with van der Waals surface area (Å²) in [6.45, 7) is 0.150. The van der Waals surface area contributed by atoms with Gasteiger partial charge < -0.3 is 10.1 Å². The molecule has 37 heavy (non-hydrogen) atoms. The Hall–Kier alpha value is -3.60. The quantitative estimate of drug-likeness (QED) is 0.247. The molecule has 1 amide bonds. The molecule has 0 fully saturated rings. The van der Waals surface area contributed by atoms with Crippen LogP contribution in [-0.2, 0) is 21.4 Å². The van der Waals surface area contributed by atoms with E-state index in [0.717, 1.165) is 17.3 Å². The van der Waals surface area contributed by atoms with Gasteiger partial charge in [-0.05, 0) is 35.9 Å². The number of anilines is 2. The maximum Gasteiger partial charge on any atom is 0.268 e. The predicted octanol–water partition coefficient (Wildman–Crippen LogP) is 5.25. The van der Waals surface area contributed by atoms with Crippen molar-refractivity contribution < 1.29 is 17.9 Å². The normalized spacial score (nSPS) is 13.4. The standard InChI is InChI=1S/C26H21ClN4O4S2/c1-35-22-10-6-5-9-20(22)29-24(32)16-36-26-28-14-23-25(30-26)19-13-18(27)11-12-21(19)31(37(23,33)34)15-17-7-3-2-4-8-17/h2-14H,15-16H2,1H3,(H,29,32). The fourth-order valence-electron chi connectivity index (χ4n) is 3.95. The molecule has 11 heteroatoms. The zero-order valence-corrected chi connectivity index (χ0v) is 22.0. The number of carbonyl (C=O) groups is 1. The second kappa shape index (κ2) is 10.4. The largest absolute Gasteiger partial charge is 0.495 e. The van der Waals surface area contributed by atoms with Crippen LogP contribution in [0.25, 0.3) is 11.3 Å². The number of benzene rings is 3. The number of carbonyl (C=O) groups excluding carboxylic acids is 1. The first-order valence-corrected chi connectivity index (χ1v) is 14.0. The highest BCUT2D eigenvalue weighted by Crippen LogP contribution is 2.44. The monoisotopic (exact) mass is 552 g/mol. The maximum absolute atomic E-state index is 13.6. The van der Waals surface area contributed by atoms with Crippen LogP contribution in [0.2, 0.25) is 5.02 Å². The van der Waals surface area contributed by atoms with Crippen molar-refractivity contribution in [3.63, 3.8) is 0 Å². The lowest BCUT2D eigenvalue weighted by atomic mass is 10.1. The first-order chi connectivity index (χ1) is 17.9. The van der Waals surface area contributed by atoms with Crippen LogP contribution in [0.4, 0.5) is 11.4 Å². The van der Waals surface area contributed by atoms with E-state index in [1.54, 1.807) is 36.4 Å². The Bertz CT molecular complexity index is 1580. The molecular formula is C26H21ClN4O4S2. The van der Waals surface area contributed by atoms with E-state index in [1.165, 1.54) is 17.6 Å². The molecule has 0 spiro atoms. The van der Waals surface area contributed by atoms with E-state index in [4.69, 9.17) is 16.3 Å². The van der Waals surface area contributed by atoms with Crippen molar-refractivity contribution in [3.8, 4) is 17.0 Å². The Balaban J connectivity index is 1.43. The maximum atomic E-state index is 13.6. The second-order valence-electron chi connectivity index (χ2n) is 8.06. The molecule has 3 aromatic carbocycles. The van der Waals surface area contributed by atoms with Gasteiger partial charge in [-0.3, -0.25) is 9.10 Å².